The summed E-state index contributed by atoms with van der Waals surface area (Å²) in [5, 5.41) is 0. The molecule has 0 N–H and O–H groups in total. The van der Waals surface area contributed by atoms with Crippen molar-refractivity contribution in [2.24, 2.45) is 23.7 Å². The van der Waals surface area contributed by atoms with Crippen molar-refractivity contribution in [2.45, 2.75) is 57.1 Å². The van der Waals surface area contributed by atoms with Crippen molar-refractivity contribution in [1.29, 1.82) is 0 Å². The van der Waals surface area contributed by atoms with Gasteiger partial charge in [0.1, 0.15) is 19.0 Å². The van der Waals surface area contributed by atoms with Gasteiger partial charge in [-0.3, -0.25) is 4.79 Å². The first-order valence-electron chi connectivity index (χ1n) is 14.9. The number of benzene rings is 3. The molecule has 1 heterocycles. The van der Waals surface area contributed by atoms with E-state index in [1.54, 1.807) is 7.11 Å². The van der Waals surface area contributed by atoms with Gasteiger partial charge in [0.15, 0.2) is 0 Å². The average molecular weight is 573 g/mol. The number of hydrogen-bond acceptors (Lipinski definition) is 7. The highest BCUT2D eigenvalue weighted by atomic mass is 16.7. The monoisotopic (exact) mass is 572 g/mol. The molecular formula is C35H40O7. The molecule has 1 saturated heterocycles. The molecule has 0 spiro atoms. The van der Waals surface area contributed by atoms with Crippen LogP contribution in [0.5, 0.6) is 0 Å². The lowest BCUT2D eigenvalue weighted by Gasteiger charge is -2.44. The minimum atomic E-state index is -0.308. The summed E-state index contributed by atoms with van der Waals surface area (Å²) < 4.78 is 37.8. The molecule has 7 heteroatoms. The zero-order valence-electron chi connectivity index (χ0n) is 24.2. The zero-order valence-corrected chi connectivity index (χ0v) is 24.2. The molecule has 2 aliphatic carbocycles. The first-order chi connectivity index (χ1) is 20.6. The van der Waals surface area contributed by atoms with E-state index in [0.29, 0.717) is 26.2 Å². The lowest BCUT2D eigenvalue weighted by atomic mass is 9.64. The van der Waals surface area contributed by atoms with E-state index < -0.39 is 0 Å². The van der Waals surface area contributed by atoms with Gasteiger partial charge < -0.3 is 28.4 Å². The van der Waals surface area contributed by atoms with Crippen molar-refractivity contribution in [3.63, 3.8) is 0 Å². The molecule has 6 rings (SSSR count). The molecule has 0 aromatic heterocycles. The van der Waals surface area contributed by atoms with Crippen molar-refractivity contribution in [2.75, 3.05) is 20.5 Å². The van der Waals surface area contributed by atoms with Gasteiger partial charge in [-0.25, -0.2) is 0 Å². The van der Waals surface area contributed by atoms with Crippen LogP contribution in [0.3, 0.4) is 0 Å². The first-order valence-corrected chi connectivity index (χ1v) is 14.9. The number of carbonyl (C=O) groups is 1. The van der Waals surface area contributed by atoms with Gasteiger partial charge in [-0.15, -0.1) is 0 Å². The Hall–Kier alpha value is -3.07. The second-order valence-corrected chi connectivity index (χ2v) is 11.6. The number of methoxy groups -OCH3 is 1. The lowest BCUT2D eigenvalue weighted by Crippen LogP contribution is -2.48. The highest BCUT2D eigenvalue weighted by molar-refractivity contribution is 5.66. The van der Waals surface area contributed by atoms with Crippen molar-refractivity contribution >= 4 is 5.97 Å². The molecule has 0 bridgehead atoms. The molecule has 222 valence electrons. The largest absolute Gasteiger partial charge is 0.462 e. The van der Waals surface area contributed by atoms with Crippen LogP contribution in [-0.4, -0.2) is 50.9 Å². The molecule has 42 heavy (non-hydrogen) atoms. The van der Waals surface area contributed by atoms with Crippen LogP contribution >= 0.6 is 0 Å². The zero-order chi connectivity index (χ0) is 28.9. The predicted molar refractivity (Wildman–Crippen MR) is 156 cm³/mol. The molecule has 0 unspecified atom stereocenters. The second-order valence-electron chi connectivity index (χ2n) is 11.6. The molecule has 7 nitrogen and oxygen atoms in total. The van der Waals surface area contributed by atoms with E-state index >= 15 is 0 Å². The van der Waals surface area contributed by atoms with Crippen LogP contribution in [0.15, 0.2) is 91.0 Å². The number of hydrogen-bond donors (Lipinski definition) is 0. The predicted octanol–water partition coefficient (Wildman–Crippen LogP) is 5.73. The van der Waals surface area contributed by atoms with Crippen LogP contribution in [0, 0.1) is 23.7 Å². The minimum Gasteiger partial charge on any atom is -0.462 e. The summed E-state index contributed by atoms with van der Waals surface area (Å²) in [7, 11) is 1.62. The Kier molecular flexibility index (Phi) is 9.32. The van der Waals surface area contributed by atoms with Gasteiger partial charge in [-0.1, -0.05) is 91.0 Å². The third-order valence-corrected chi connectivity index (χ3v) is 9.01. The van der Waals surface area contributed by atoms with Crippen LogP contribution in [0.1, 0.15) is 36.1 Å². The Morgan fingerprint density at radius 1 is 0.786 bits per heavy atom. The summed E-state index contributed by atoms with van der Waals surface area (Å²) in [6.45, 7) is 3.08. The Bertz CT molecular complexity index is 1270. The summed E-state index contributed by atoms with van der Waals surface area (Å²) in [4.78, 5) is 12.4. The quantitative estimate of drug-likeness (QED) is 0.156. The smallest absolute Gasteiger partial charge is 0.302 e. The van der Waals surface area contributed by atoms with Gasteiger partial charge in [0.2, 0.25) is 0 Å². The fourth-order valence-electron chi connectivity index (χ4n) is 7.48. The van der Waals surface area contributed by atoms with Crippen LogP contribution in [0.2, 0.25) is 0 Å². The minimum absolute atomic E-state index is 0.0295. The molecule has 1 aliphatic heterocycles. The Morgan fingerprint density at radius 3 is 1.98 bits per heavy atom. The van der Waals surface area contributed by atoms with Crippen molar-refractivity contribution in [1.82, 2.24) is 0 Å². The van der Waals surface area contributed by atoms with Gasteiger partial charge in [0, 0.05) is 25.9 Å². The SMILES string of the molecule is COCOC[C@H]1C[C@H](OC(C)=O)[C@@H]2[C@H]3[C@@H](O[C@H]2c2ccccc2)[C@H](OCc2ccccc2)[C@@H](OCc2ccccc2)[C@H]13. The molecular weight excluding hydrogens is 532 g/mol. The Labute approximate surface area is 248 Å². The van der Waals surface area contributed by atoms with Gasteiger partial charge in [-0.05, 0) is 34.9 Å². The fraction of sp³-hybridized carbons (Fsp3) is 0.457. The maximum atomic E-state index is 12.4. The van der Waals surface area contributed by atoms with Crippen molar-refractivity contribution in [3.8, 4) is 0 Å². The number of carbonyl (C=O) groups excluding carboxylic acids is 1. The highest BCUT2D eigenvalue weighted by Gasteiger charge is 2.67. The summed E-state index contributed by atoms with van der Waals surface area (Å²) in [5.74, 6) is -0.0968. The van der Waals surface area contributed by atoms with Gasteiger partial charge in [0.05, 0.1) is 38.1 Å². The summed E-state index contributed by atoms with van der Waals surface area (Å²) in [6, 6.07) is 30.7. The van der Waals surface area contributed by atoms with E-state index in [-0.39, 0.29) is 67.0 Å². The van der Waals surface area contributed by atoms with Gasteiger partial charge in [0.25, 0.3) is 0 Å². The molecule has 3 aromatic rings. The van der Waals surface area contributed by atoms with Crippen LogP contribution in [-0.2, 0) is 46.4 Å². The van der Waals surface area contributed by atoms with Crippen molar-refractivity contribution in [3.05, 3.63) is 108 Å². The fourth-order valence-corrected chi connectivity index (χ4v) is 7.48. The van der Waals surface area contributed by atoms with E-state index in [2.05, 4.69) is 36.4 Å². The van der Waals surface area contributed by atoms with Gasteiger partial charge >= 0.3 is 5.97 Å². The van der Waals surface area contributed by atoms with Crippen molar-refractivity contribution < 1.29 is 33.2 Å². The molecule has 3 aromatic carbocycles. The summed E-state index contributed by atoms with van der Waals surface area (Å²) >= 11 is 0. The Balaban J connectivity index is 1.37. The topological polar surface area (TPSA) is 72.5 Å². The van der Waals surface area contributed by atoms with Crippen LogP contribution < -0.4 is 0 Å². The Morgan fingerprint density at radius 2 is 1.38 bits per heavy atom. The third kappa shape index (κ3) is 6.17. The summed E-state index contributed by atoms with van der Waals surface area (Å²) in [5.41, 5.74) is 3.29. The standard InChI is InChI=1S/C35H40O7/c1-23(36)41-28-18-27(21-38-22-37-2)29-31-30(28)32(26-16-10-5-11-17-26)42-34(31)35(40-20-25-14-8-4-9-15-25)33(29)39-19-24-12-6-3-7-13-24/h3-17,27-35H,18-22H2,1-2H3/t27-,28+,29-,30-,31+,32+,33+,34-,35-/m1/s1. The maximum absolute atomic E-state index is 12.4. The molecule has 3 fully saturated rings. The van der Waals surface area contributed by atoms with Crippen LogP contribution in [0.25, 0.3) is 0 Å². The first kappa shape index (κ1) is 29.0. The van der Waals surface area contributed by atoms with Crippen LogP contribution in [0.4, 0.5) is 0 Å². The normalized spacial score (nSPS) is 31.5. The van der Waals surface area contributed by atoms with Gasteiger partial charge in [-0.2, -0.15) is 0 Å². The molecule has 0 amide bonds. The second kappa shape index (κ2) is 13.5. The molecule has 9 atom stereocenters. The van der Waals surface area contributed by atoms with E-state index in [0.717, 1.165) is 16.7 Å². The summed E-state index contributed by atoms with van der Waals surface area (Å²) in [6.07, 6.45) is -0.619. The number of rotatable bonds is 12. The average Bonchev–Trinajstić information content (AvgIpc) is 3.55. The third-order valence-electron chi connectivity index (χ3n) is 9.01. The lowest BCUT2D eigenvalue weighted by molar-refractivity contribution is -0.172. The number of esters is 1. The maximum Gasteiger partial charge on any atom is 0.302 e. The number of ether oxygens (including phenoxy) is 6. The van der Waals surface area contributed by atoms with E-state index in [1.165, 1.54) is 6.92 Å². The van der Waals surface area contributed by atoms with E-state index in [4.69, 9.17) is 28.4 Å². The van der Waals surface area contributed by atoms with E-state index in [9.17, 15) is 4.79 Å². The molecule has 2 saturated carbocycles. The van der Waals surface area contributed by atoms with E-state index in [1.807, 2.05) is 54.6 Å². The highest BCUT2D eigenvalue weighted by Crippen LogP contribution is 2.61. The molecule has 3 aliphatic rings. The molecule has 0 radical (unpaired) electrons.